The number of aryl methyl sites for hydroxylation is 1. The van der Waals surface area contributed by atoms with Gasteiger partial charge in [0.15, 0.2) is 0 Å². The van der Waals surface area contributed by atoms with Gasteiger partial charge in [0.1, 0.15) is 11.9 Å². The van der Waals surface area contributed by atoms with Crippen molar-refractivity contribution in [2.45, 2.75) is 26.3 Å². The number of benzene rings is 1. The van der Waals surface area contributed by atoms with Crippen molar-refractivity contribution in [2.75, 3.05) is 0 Å². The molecule has 1 amide bonds. The molecule has 1 heterocycles. The number of para-hydroxylation sites is 2. The molecule has 0 spiro atoms. The highest BCUT2D eigenvalue weighted by Gasteiger charge is 2.17. The first kappa shape index (κ1) is 10.7. The van der Waals surface area contributed by atoms with Gasteiger partial charge in [0.05, 0.1) is 11.0 Å². The number of amides is 1. The first-order valence-corrected chi connectivity index (χ1v) is 5.40. The Morgan fingerprint density at radius 1 is 1.50 bits per heavy atom. The minimum atomic E-state index is -0.359. The van der Waals surface area contributed by atoms with Crippen LogP contribution in [0, 0.1) is 0 Å². The predicted octanol–water partition coefficient (Wildman–Crippen LogP) is 1.64. The molecule has 1 atom stereocenters. The van der Waals surface area contributed by atoms with Gasteiger partial charge >= 0.3 is 0 Å². The highest BCUT2D eigenvalue weighted by molar-refractivity contribution is 5.82. The van der Waals surface area contributed by atoms with Crippen LogP contribution in [-0.2, 0) is 11.2 Å². The van der Waals surface area contributed by atoms with E-state index in [9.17, 15) is 4.79 Å². The monoisotopic (exact) mass is 217 g/mol. The van der Waals surface area contributed by atoms with Gasteiger partial charge in [-0.3, -0.25) is 4.79 Å². The molecule has 1 aromatic carbocycles. The summed E-state index contributed by atoms with van der Waals surface area (Å²) in [5.41, 5.74) is 7.23. The van der Waals surface area contributed by atoms with E-state index < -0.39 is 0 Å². The Bertz CT molecular complexity index is 530. The van der Waals surface area contributed by atoms with Gasteiger partial charge in [0.25, 0.3) is 0 Å². The van der Waals surface area contributed by atoms with E-state index in [1.54, 1.807) is 6.92 Å². The summed E-state index contributed by atoms with van der Waals surface area (Å²) in [6.07, 6.45) is 0.784. The molecule has 0 aliphatic heterocycles. The number of rotatable bonds is 3. The molecule has 4 heteroatoms. The van der Waals surface area contributed by atoms with Gasteiger partial charge in [-0.25, -0.2) is 4.98 Å². The Morgan fingerprint density at radius 3 is 2.81 bits per heavy atom. The fourth-order valence-electron chi connectivity index (χ4n) is 1.90. The zero-order valence-electron chi connectivity index (χ0n) is 9.47. The van der Waals surface area contributed by atoms with Gasteiger partial charge in [-0.05, 0) is 19.1 Å². The summed E-state index contributed by atoms with van der Waals surface area (Å²) >= 11 is 0. The van der Waals surface area contributed by atoms with Gasteiger partial charge in [0.2, 0.25) is 5.91 Å². The summed E-state index contributed by atoms with van der Waals surface area (Å²) in [6.45, 7) is 3.82. The topological polar surface area (TPSA) is 60.9 Å². The molecule has 0 aliphatic rings. The van der Waals surface area contributed by atoms with Crippen molar-refractivity contribution in [1.82, 2.24) is 9.55 Å². The van der Waals surface area contributed by atoms with E-state index in [1.165, 1.54) is 0 Å². The van der Waals surface area contributed by atoms with Crippen LogP contribution in [-0.4, -0.2) is 15.5 Å². The summed E-state index contributed by atoms with van der Waals surface area (Å²) in [5, 5.41) is 0. The molecule has 1 unspecified atom stereocenters. The van der Waals surface area contributed by atoms with E-state index in [0.717, 1.165) is 23.3 Å². The molecule has 84 valence electrons. The molecule has 0 saturated carbocycles. The highest BCUT2D eigenvalue weighted by atomic mass is 16.1. The number of hydrogen-bond donors (Lipinski definition) is 1. The second kappa shape index (κ2) is 3.96. The lowest BCUT2D eigenvalue weighted by Crippen LogP contribution is -2.25. The Balaban J connectivity index is 2.69. The summed E-state index contributed by atoms with van der Waals surface area (Å²) in [7, 11) is 0. The first-order valence-electron chi connectivity index (χ1n) is 5.40. The lowest BCUT2D eigenvalue weighted by Gasteiger charge is -2.13. The van der Waals surface area contributed by atoms with Crippen LogP contribution < -0.4 is 5.73 Å². The third kappa shape index (κ3) is 1.56. The van der Waals surface area contributed by atoms with Crippen LogP contribution in [0.4, 0.5) is 0 Å². The Labute approximate surface area is 94.1 Å². The number of carbonyl (C=O) groups is 1. The number of nitrogens with two attached hydrogens (primary N) is 1. The van der Waals surface area contributed by atoms with Crippen LogP contribution in [0.25, 0.3) is 11.0 Å². The molecule has 0 bridgehead atoms. The fraction of sp³-hybridized carbons (Fsp3) is 0.333. The van der Waals surface area contributed by atoms with Crippen LogP contribution >= 0.6 is 0 Å². The molecule has 0 radical (unpaired) electrons. The molecule has 0 saturated heterocycles. The SMILES string of the molecule is CCc1nc2ccccc2n1C(C)C(N)=O. The number of imidazole rings is 1. The predicted molar refractivity (Wildman–Crippen MR) is 63.0 cm³/mol. The number of aromatic nitrogens is 2. The quantitative estimate of drug-likeness (QED) is 0.849. The van der Waals surface area contributed by atoms with Crippen molar-refractivity contribution in [3.05, 3.63) is 30.1 Å². The third-order valence-electron chi connectivity index (χ3n) is 2.78. The van der Waals surface area contributed by atoms with Gasteiger partial charge in [-0.2, -0.15) is 0 Å². The Morgan fingerprint density at radius 2 is 2.19 bits per heavy atom. The molecule has 2 N–H and O–H groups in total. The van der Waals surface area contributed by atoms with E-state index in [0.29, 0.717) is 0 Å². The average molecular weight is 217 g/mol. The Kier molecular flexibility index (Phi) is 2.64. The van der Waals surface area contributed by atoms with Crippen molar-refractivity contribution in [1.29, 1.82) is 0 Å². The molecule has 0 fully saturated rings. The smallest absolute Gasteiger partial charge is 0.240 e. The van der Waals surface area contributed by atoms with Crippen molar-refractivity contribution >= 4 is 16.9 Å². The average Bonchev–Trinajstić information content (AvgIpc) is 2.66. The Hall–Kier alpha value is -1.84. The second-order valence-corrected chi connectivity index (χ2v) is 3.82. The van der Waals surface area contributed by atoms with Crippen LogP contribution in [0.15, 0.2) is 24.3 Å². The van der Waals surface area contributed by atoms with Crippen molar-refractivity contribution in [2.24, 2.45) is 5.73 Å². The number of fused-ring (bicyclic) bond motifs is 1. The summed E-state index contributed by atoms with van der Waals surface area (Å²) in [5.74, 6) is 0.561. The van der Waals surface area contributed by atoms with Crippen LogP contribution in [0.2, 0.25) is 0 Å². The number of nitrogens with zero attached hydrogens (tertiary/aromatic N) is 2. The molecule has 2 aromatic rings. The molecule has 4 nitrogen and oxygen atoms in total. The fourth-order valence-corrected chi connectivity index (χ4v) is 1.90. The molecule has 0 aliphatic carbocycles. The molecule has 1 aromatic heterocycles. The summed E-state index contributed by atoms with van der Waals surface area (Å²) in [4.78, 5) is 15.8. The van der Waals surface area contributed by atoms with Crippen molar-refractivity contribution in [3.63, 3.8) is 0 Å². The van der Waals surface area contributed by atoms with Gasteiger partial charge in [-0.1, -0.05) is 19.1 Å². The number of primary amides is 1. The number of hydrogen-bond acceptors (Lipinski definition) is 2. The largest absolute Gasteiger partial charge is 0.368 e. The molecular formula is C12H15N3O. The molecule has 2 rings (SSSR count). The van der Waals surface area contributed by atoms with Crippen LogP contribution in [0.5, 0.6) is 0 Å². The standard InChI is InChI=1S/C12H15N3O/c1-3-11-14-9-6-4-5-7-10(9)15(11)8(2)12(13)16/h4-8H,3H2,1-2H3,(H2,13,16). The first-order chi connectivity index (χ1) is 7.65. The van der Waals surface area contributed by atoms with E-state index in [4.69, 9.17) is 5.73 Å². The lowest BCUT2D eigenvalue weighted by molar-refractivity contribution is -0.120. The maximum Gasteiger partial charge on any atom is 0.240 e. The highest BCUT2D eigenvalue weighted by Crippen LogP contribution is 2.21. The summed E-state index contributed by atoms with van der Waals surface area (Å²) in [6, 6.07) is 7.42. The van der Waals surface area contributed by atoms with E-state index in [-0.39, 0.29) is 11.9 Å². The van der Waals surface area contributed by atoms with Crippen molar-refractivity contribution < 1.29 is 4.79 Å². The van der Waals surface area contributed by atoms with Gasteiger partial charge < -0.3 is 10.3 Å². The second-order valence-electron chi connectivity index (χ2n) is 3.82. The normalized spacial score (nSPS) is 12.9. The third-order valence-corrected chi connectivity index (χ3v) is 2.78. The number of carbonyl (C=O) groups excluding carboxylic acids is 1. The van der Waals surface area contributed by atoms with Crippen LogP contribution in [0.3, 0.4) is 0 Å². The minimum Gasteiger partial charge on any atom is -0.368 e. The van der Waals surface area contributed by atoms with E-state index in [2.05, 4.69) is 4.98 Å². The van der Waals surface area contributed by atoms with Gasteiger partial charge in [-0.15, -0.1) is 0 Å². The zero-order valence-corrected chi connectivity index (χ0v) is 9.47. The maximum atomic E-state index is 11.3. The van der Waals surface area contributed by atoms with Crippen molar-refractivity contribution in [3.8, 4) is 0 Å². The lowest BCUT2D eigenvalue weighted by atomic mass is 10.2. The maximum absolute atomic E-state index is 11.3. The zero-order chi connectivity index (χ0) is 11.7. The molecule has 16 heavy (non-hydrogen) atoms. The van der Waals surface area contributed by atoms with Gasteiger partial charge in [0, 0.05) is 6.42 Å². The van der Waals surface area contributed by atoms with Crippen LogP contribution in [0.1, 0.15) is 25.7 Å². The van der Waals surface area contributed by atoms with E-state index >= 15 is 0 Å². The molecular weight excluding hydrogens is 202 g/mol. The van der Waals surface area contributed by atoms with E-state index in [1.807, 2.05) is 35.8 Å². The summed E-state index contributed by atoms with van der Waals surface area (Å²) < 4.78 is 1.91. The minimum absolute atomic E-state index is 0.335.